The summed E-state index contributed by atoms with van der Waals surface area (Å²) in [7, 11) is 1.65. The summed E-state index contributed by atoms with van der Waals surface area (Å²) in [6.45, 7) is 0. The van der Waals surface area contributed by atoms with Crippen molar-refractivity contribution >= 4 is 5.71 Å². The Bertz CT molecular complexity index is 1030. The Kier molecular flexibility index (Phi) is 4.01. The first-order chi connectivity index (χ1) is 13.7. The van der Waals surface area contributed by atoms with E-state index >= 15 is 0 Å². The molecule has 0 N–H and O–H groups in total. The molecule has 2 aliphatic heterocycles. The van der Waals surface area contributed by atoms with Crippen LogP contribution in [0.4, 0.5) is 4.39 Å². The predicted octanol–water partition coefficient (Wildman–Crippen LogP) is 5.08. The van der Waals surface area contributed by atoms with E-state index in [4.69, 9.17) is 14.6 Å². The van der Waals surface area contributed by atoms with Crippen LogP contribution in [0.25, 0.3) is 0 Å². The Hall–Kier alpha value is -3.34. The van der Waals surface area contributed by atoms with E-state index in [1.165, 1.54) is 12.1 Å². The number of hydrogen-bond donors (Lipinski definition) is 0. The van der Waals surface area contributed by atoms with Crippen LogP contribution in [0.15, 0.2) is 77.9 Å². The van der Waals surface area contributed by atoms with Crippen molar-refractivity contribution < 1.29 is 13.9 Å². The number of fused-ring (bicyclic) bond motifs is 3. The number of para-hydroxylation sites is 1. The maximum absolute atomic E-state index is 13.3. The summed E-state index contributed by atoms with van der Waals surface area (Å²) in [6.07, 6.45) is 0.419. The molecule has 3 aromatic carbocycles. The first kappa shape index (κ1) is 16.8. The molecule has 0 aliphatic carbocycles. The SMILES string of the molecule is COc1ccc([C@H]2Oc3ccccc3[C@@H]3CC(c4ccc(F)cc4)=NN23)cc1. The molecular weight excluding hydrogens is 355 g/mol. The van der Waals surface area contributed by atoms with E-state index < -0.39 is 0 Å². The Morgan fingerprint density at radius 2 is 1.75 bits per heavy atom. The maximum Gasteiger partial charge on any atom is 0.213 e. The number of rotatable bonds is 3. The average Bonchev–Trinajstić information content (AvgIpc) is 3.19. The molecule has 0 spiro atoms. The van der Waals surface area contributed by atoms with Crippen LogP contribution in [-0.4, -0.2) is 17.8 Å². The summed E-state index contributed by atoms with van der Waals surface area (Å²) in [6, 6.07) is 22.5. The Balaban J connectivity index is 1.56. The summed E-state index contributed by atoms with van der Waals surface area (Å²) in [5.41, 5.74) is 3.99. The molecule has 0 unspecified atom stereocenters. The first-order valence-electron chi connectivity index (χ1n) is 9.24. The lowest BCUT2D eigenvalue weighted by Gasteiger charge is -2.38. The Morgan fingerprint density at radius 1 is 1.00 bits per heavy atom. The number of methoxy groups -OCH3 is 1. The molecule has 5 rings (SSSR count). The third-order valence-corrected chi connectivity index (χ3v) is 5.28. The minimum absolute atomic E-state index is 0.0807. The van der Waals surface area contributed by atoms with E-state index in [-0.39, 0.29) is 18.1 Å². The molecule has 2 heterocycles. The van der Waals surface area contributed by atoms with Gasteiger partial charge in [-0.15, -0.1) is 0 Å². The highest BCUT2D eigenvalue weighted by molar-refractivity contribution is 6.01. The van der Waals surface area contributed by atoms with Crippen LogP contribution in [0.3, 0.4) is 0 Å². The molecular formula is C23H19FN2O2. The molecule has 0 bridgehead atoms. The predicted molar refractivity (Wildman–Crippen MR) is 105 cm³/mol. The van der Waals surface area contributed by atoms with Crippen molar-refractivity contribution in [2.75, 3.05) is 7.11 Å². The molecule has 28 heavy (non-hydrogen) atoms. The van der Waals surface area contributed by atoms with Gasteiger partial charge in [0.25, 0.3) is 0 Å². The van der Waals surface area contributed by atoms with E-state index in [1.807, 2.05) is 47.5 Å². The quantitative estimate of drug-likeness (QED) is 0.641. The van der Waals surface area contributed by atoms with Gasteiger partial charge >= 0.3 is 0 Å². The van der Waals surface area contributed by atoms with Gasteiger partial charge in [0, 0.05) is 17.5 Å². The Labute approximate surface area is 162 Å². The molecule has 0 radical (unpaired) electrons. The zero-order valence-corrected chi connectivity index (χ0v) is 15.4. The second-order valence-electron chi connectivity index (χ2n) is 6.93. The monoisotopic (exact) mass is 374 g/mol. The highest BCUT2D eigenvalue weighted by atomic mass is 19.1. The van der Waals surface area contributed by atoms with E-state index in [9.17, 15) is 4.39 Å². The third kappa shape index (κ3) is 2.80. The Morgan fingerprint density at radius 3 is 2.50 bits per heavy atom. The van der Waals surface area contributed by atoms with Crippen LogP contribution in [0.2, 0.25) is 0 Å². The topological polar surface area (TPSA) is 34.1 Å². The second kappa shape index (κ2) is 6.68. The van der Waals surface area contributed by atoms with Crippen LogP contribution in [0, 0.1) is 5.82 Å². The van der Waals surface area contributed by atoms with E-state index in [2.05, 4.69) is 6.07 Å². The number of ether oxygens (including phenoxy) is 2. The molecule has 4 nitrogen and oxygen atoms in total. The van der Waals surface area contributed by atoms with E-state index in [0.717, 1.165) is 40.3 Å². The van der Waals surface area contributed by atoms with Crippen LogP contribution >= 0.6 is 0 Å². The zero-order valence-electron chi connectivity index (χ0n) is 15.4. The first-order valence-corrected chi connectivity index (χ1v) is 9.24. The van der Waals surface area contributed by atoms with Gasteiger partial charge in [0.15, 0.2) is 0 Å². The van der Waals surface area contributed by atoms with Crippen LogP contribution in [-0.2, 0) is 0 Å². The summed E-state index contributed by atoms with van der Waals surface area (Å²) in [4.78, 5) is 0. The zero-order chi connectivity index (χ0) is 19.1. The fraction of sp³-hybridized carbons (Fsp3) is 0.174. The molecule has 0 aromatic heterocycles. The van der Waals surface area contributed by atoms with Crippen LogP contribution in [0.5, 0.6) is 11.5 Å². The lowest BCUT2D eigenvalue weighted by atomic mass is 9.96. The molecule has 3 aromatic rings. The maximum atomic E-state index is 13.3. The van der Waals surface area contributed by atoms with Crippen molar-refractivity contribution in [3.8, 4) is 11.5 Å². The third-order valence-electron chi connectivity index (χ3n) is 5.28. The fourth-order valence-electron chi connectivity index (χ4n) is 3.84. The fourth-order valence-corrected chi connectivity index (χ4v) is 3.84. The number of hydrogen-bond acceptors (Lipinski definition) is 4. The van der Waals surface area contributed by atoms with Crippen molar-refractivity contribution in [2.24, 2.45) is 5.10 Å². The summed E-state index contributed by atoms with van der Waals surface area (Å²) in [5.74, 6) is 1.43. The lowest BCUT2D eigenvalue weighted by molar-refractivity contribution is -0.0190. The molecule has 2 atom stereocenters. The van der Waals surface area contributed by atoms with Crippen molar-refractivity contribution in [1.29, 1.82) is 0 Å². The van der Waals surface area contributed by atoms with Gasteiger partial charge in [-0.05, 0) is 48.0 Å². The molecule has 0 amide bonds. The molecule has 0 saturated heterocycles. The van der Waals surface area contributed by atoms with Gasteiger partial charge in [0.2, 0.25) is 6.23 Å². The van der Waals surface area contributed by atoms with Crippen molar-refractivity contribution in [2.45, 2.75) is 18.7 Å². The summed E-state index contributed by atoms with van der Waals surface area (Å²) >= 11 is 0. The van der Waals surface area contributed by atoms with Gasteiger partial charge < -0.3 is 9.47 Å². The number of halogens is 1. The molecule has 5 heteroatoms. The van der Waals surface area contributed by atoms with Crippen LogP contribution < -0.4 is 9.47 Å². The lowest BCUT2D eigenvalue weighted by Crippen LogP contribution is -2.33. The number of benzene rings is 3. The van der Waals surface area contributed by atoms with E-state index in [1.54, 1.807) is 19.2 Å². The molecule has 2 aliphatic rings. The normalized spacial score (nSPS) is 20.1. The highest BCUT2D eigenvalue weighted by Gasteiger charge is 2.40. The van der Waals surface area contributed by atoms with Crippen molar-refractivity contribution in [1.82, 2.24) is 5.01 Å². The van der Waals surface area contributed by atoms with Gasteiger partial charge in [-0.25, -0.2) is 9.40 Å². The highest BCUT2D eigenvalue weighted by Crippen LogP contribution is 2.47. The van der Waals surface area contributed by atoms with Gasteiger partial charge in [0.05, 0.1) is 18.9 Å². The van der Waals surface area contributed by atoms with Gasteiger partial charge in [-0.2, -0.15) is 5.10 Å². The van der Waals surface area contributed by atoms with Crippen LogP contribution in [0.1, 0.15) is 35.4 Å². The van der Waals surface area contributed by atoms with Crippen molar-refractivity contribution in [3.05, 3.63) is 95.3 Å². The number of nitrogens with zero attached hydrogens (tertiary/aromatic N) is 2. The van der Waals surface area contributed by atoms with Gasteiger partial charge in [-0.3, -0.25) is 0 Å². The number of hydrazone groups is 1. The average molecular weight is 374 g/mol. The van der Waals surface area contributed by atoms with E-state index in [0.29, 0.717) is 0 Å². The summed E-state index contributed by atoms with van der Waals surface area (Å²) in [5, 5.41) is 6.90. The van der Waals surface area contributed by atoms with Gasteiger partial charge in [0.1, 0.15) is 17.3 Å². The summed E-state index contributed by atoms with van der Waals surface area (Å²) < 4.78 is 24.9. The van der Waals surface area contributed by atoms with Gasteiger partial charge in [-0.1, -0.05) is 30.3 Å². The molecule has 0 saturated carbocycles. The minimum atomic E-state index is -0.330. The van der Waals surface area contributed by atoms with Crippen molar-refractivity contribution in [3.63, 3.8) is 0 Å². The largest absolute Gasteiger partial charge is 0.497 e. The standard InChI is InChI=1S/C23H19FN2O2/c1-27-18-12-8-16(9-13-18)23-26-21(19-4-2-3-5-22(19)28-23)14-20(25-26)15-6-10-17(24)11-7-15/h2-13,21,23H,14H2,1H3/t21-,23+/m0/s1. The second-order valence-corrected chi connectivity index (χ2v) is 6.93. The molecule has 0 fully saturated rings. The smallest absolute Gasteiger partial charge is 0.213 e. The molecule has 140 valence electrons. The minimum Gasteiger partial charge on any atom is -0.497 e.